The fraction of sp³-hybridized carbons (Fsp3) is 0.296. The van der Waals surface area contributed by atoms with Gasteiger partial charge in [-0.15, -0.1) is 0 Å². The first kappa shape index (κ1) is 22.2. The van der Waals surface area contributed by atoms with Gasteiger partial charge in [-0.1, -0.05) is 18.2 Å². The van der Waals surface area contributed by atoms with E-state index in [1.54, 1.807) is 31.4 Å². The summed E-state index contributed by atoms with van der Waals surface area (Å²) in [4.78, 5) is 17.9. The van der Waals surface area contributed by atoms with Crippen LogP contribution in [0.4, 0.5) is 20.2 Å². The van der Waals surface area contributed by atoms with Gasteiger partial charge in [0.25, 0.3) is 0 Å². The number of methoxy groups -OCH3 is 1. The van der Waals surface area contributed by atoms with Crippen LogP contribution < -0.4 is 19.9 Å². The zero-order valence-corrected chi connectivity index (χ0v) is 19.0. The lowest BCUT2D eigenvalue weighted by atomic mass is 9.83. The molecule has 3 aromatic carbocycles. The molecule has 176 valence electrons. The molecule has 1 saturated heterocycles. The highest BCUT2D eigenvalue weighted by molar-refractivity contribution is 5.82. The normalized spacial score (nSPS) is 19.3. The van der Waals surface area contributed by atoms with Gasteiger partial charge in [-0.05, 0) is 60.0 Å². The van der Waals surface area contributed by atoms with Crippen molar-refractivity contribution in [2.24, 2.45) is 5.92 Å². The molecule has 3 aromatic rings. The summed E-state index contributed by atoms with van der Waals surface area (Å²) in [5.41, 5.74) is 3.87. The molecule has 0 bridgehead atoms. The van der Waals surface area contributed by atoms with Crippen molar-refractivity contribution in [2.75, 3.05) is 36.5 Å². The van der Waals surface area contributed by atoms with Crippen LogP contribution in [0.3, 0.4) is 0 Å². The van der Waals surface area contributed by atoms with Crippen LogP contribution in [0.5, 0.6) is 5.75 Å². The first-order valence-electron chi connectivity index (χ1n) is 11.5. The standard InChI is InChI=1S/C27H27F2N3O2/c1-34-23-10-5-19-14-24(27(33)30-16-18-3-2-4-21(29)13-18)26-17-31(11-12-32(26)25(19)15-23)22-8-6-20(28)7-9-22/h2-10,13,15,24,26H,11-12,14,16-17H2,1H3,(H,30,33)/t24-,26-/m0/s1. The van der Waals surface area contributed by atoms with E-state index >= 15 is 0 Å². The van der Waals surface area contributed by atoms with E-state index in [1.807, 2.05) is 18.2 Å². The predicted octanol–water partition coefficient (Wildman–Crippen LogP) is 4.16. The van der Waals surface area contributed by atoms with E-state index < -0.39 is 0 Å². The molecule has 1 N–H and O–H groups in total. The number of fused-ring (bicyclic) bond motifs is 3. The molecule has 34 heavy (non-hydrogen) atoms. The first-order chi connectivity index (χ1) is 16.5. The number of halogens is 2. The number of benzene rings is 3. The van der Waals surface area contributed by atoms with E-state index in [0.29, 0.717) is 13.0 Å². The van der Waals surface area contributed by atoms with Crippen molar-refractivity contribution in [3.05, 3.63) is 89.5 Å². The Morgan fingerprint density at radius 3 is 2.62 bits per heavy atom. The number of carbonyl (C=O) groups is 1. The molecule has 0 aromatic heterocycles. The molecular weight excluding hydrogens is 436 g/mol. The van der Waals surface area contributed by atoms with E-state index in [0.717, 1.165) is 41.3 Å². The number of ether oxygens (including phenoxy) is 1. The van der Waals surface area contributed by atoms with Crippen LogP contribution in [-0.2, 0) is 17.8 Å². The molecule has 2 aliphatic heterocycles. The molecule has 7 heteroatoms. The Kier molecular flexibility index (Phi) is 6.09. The highest BCUT2D eigenvalue weighted by Crippen LogP contribution is 2.39. The molecule has 1 fully saturated rings. The summed E-state index contributed by atoms with van der Waals surface area (Å²) in [7, 11) is 1.65. The van der Waals surface area contributed by atoms with Crippen molar-refractivity contribution >= 4 is 17.3 Å². The van der Waals surface area contributed by atoms with E-state index in [1.165, 1.54) is 24.3 Å². The van der Waals surface area contributed by atoms with Crippen molar-refractivity contribution < 1.29 is 18.3 Å². The molecule has 2 heterocycles. The number of piperazine rings is 1. The molecule has 0 spiro atoms. The Labute approximate surface area is 197 Å². The van der Waals surface area contributed by atoms with Crippen LogP contribution in [0.25, 0.3) is 0 Å². The Balaban J connectivity index is 1.41. The fourth-order valence-corrected chi connectivity index (χ4v) is 5.06. The van der Waals surface area contributed by atoms with E-state index in [-0.39, 0.29) is 36.0 Å². The third-order valence-corrected chi connectivity index (χ3v) is 6.81. The maximum Gasteiger partial charge on any atom is 0.225 e. The number of nitrogens with zero attached hydrogens (tertiary/aromatic N) is 2. The largest absolute Gasteiger partial charge is 0.497 e. The number of nitrogens with one attached hydrogen (secondary N) is 1. The minimum atomic E-state index is -0.319. The minimum Gasteiger partial charge on any atom is -0.497 e. The third kappa shape index (κ3) is 4.42. The average molecular weight is 464 g/mol. The second kappa shape index (κ2) is 9.33. The Morgan fingerprint density at radius 2 is 1.85 bits per heavy atom. The second-order valence-corrected chi connectivity index (χ2v) is 8.84. The lowest BCUT2D eigenvalue weighted by Gasteiger charge is -2.49. The predicted molar refractivity (Wildman–Crippen MR) is 128 cm³/mol. The number of rotatable bonds is 5. The van der Waals surface area contributed by atoms with Crippen LogP contribution in [0, 0.1) is 17.6 Å². The van der Waals surface area contributed by atoms with Gasteiger partial charge in [0, 0.05) is 43.6 Å². The number of anilines is 2. The summed E-state index contributed by atoms with van der Waals surface area (Å²) in [6, 6.07) is 18.7. The molecule has 1 amide bonds. The summed E-state index contributed by atoms with van der Waals surface area (Å²) in [5, 5.41) is 3.02. The number of carbonyl (C=O) groups excluding carboxylic acids is 1. The Hall–Kier alpha value is -3.61. The van der Waals surface area contributed by atoms with Gasteiger partial charge in [0.1, 0.15) is 17.4 Å². The third-order valence-electron chi connectivity index (χ3n) is 6.81. The van der Waals surface area contributed by atoms with Gasteiger partial charge in [0.05, 0.1) is 19.1 Å². The quantitative estimate of drug-likeness (QED) is 0.617. The van der Waals surface area contributed by atoms with Crippen molar-refractivity contribution in [1.82, 2.24) is 5.32 Å². The SMILES string of the molecule is COc1ccc2c(c1)N1CCN(c3ccc(F)cc3)C[C@H]1[C@@H](C(=O)NCc1cccc(F)c1)C2. The van der Waals surface area contributed by atoms with Gasteiger partial charge in [0.2, 0.25) is 5.91 Å². The lowest BCUT2D eigenvalue weighted by Crippen LogP contribution is -2.61. The maximum absolute atomic E-state index is 13.6. The summed E-state index contributed by atoms with van der Waals surface area (Å²) in [6.07, 6.45) is 0.604. The average Bonchev–Trinajstić information content (AvgIpc) is 2.86. The van der Waals surface area contributed by atoms with Crippen LogP contribution in [0.2, 0.25) is 0 Å². The van der Waals surface area contributed by atoms with Gasteiger partial charge in [-0.25, -0.2) is 8.78 Å². The van der Waals surface area contributed by atoms with Gasteiger partial charge in [-0.2, -0.15) is 0 Å². The van der Waals surface area contributed by atoms with E-state index in [9.17, 15) is 13.6 Å². The molecule has 0 saturated carbocycles. The topological polar surface area (TPSA) is 44.8 Å². The van der Waals surface area contributed by atoms with Crippen LogP contribution in [0.1, 0.15) is 11.1 Å². The molecule has 0 aliphatic carbocycles. The number of hydrogen-bond donors (Lipinski definition) is 1. The van der Waals surface area contributed by atoms with E-state index in [2.05, 4.69) is 15.1 Å². The molecule has 2 aliphatic rings. The minimum absolute atomic E-state index is 0.0540. The van der Waals surface area contributed by atoms with Gasteiger partial charge >= 0.3 is 0 Å². The summed E-state index contributed by atoms with van der Waals surface area (Å²) >= 11 is 0. The fourth-order valence-electron chi connectivity index (χ4n) is 5.06. The van der Waals surface area contributed by atoms with Crippen LogP contribution in [-0.4, -0.2) is 38.7 Å². The second-order valence-electron chi connectivity index (χ2n) is 8.84. The van der Waals surface area contributed by atoms with Crippen LogP contribution in [0.15, 0.2) is 66.7 Å². The lowest BCUT2D eigenvalue weighted by molar-refractivity contribution is -0.126. The Bertz CT molecular complexity index is 1180. The molecule has 5 rings (SSSR count). The van der Waals surface area contributed by atoms with Crippen molar-refractivity contribution in [1.29, 1.82) is 0 Å². The van der Waals surface area contributed by atoms with Crippen molar-refractivity contribution in [2.45, 2.75) is 19.0 Å². The van der Waals surface area contributed by atoms with Crippen molar-refractivity contribution in [3.8, 4) is 5.75 Å². The highest BCUT2D eigenvalue weighted by atomic mass is 19.1. The van der Waals surface area contributed by atoms with Gasteiger partial charge in [-0.3, -0.25) is 4.79 Å². The van der Waals surface area contributed by atoms with E-state index in [4.69, 9.17) is 4.74 Å². The van der Waals surface area contributed by atoms with Gasteiger partial charge < -0.3 is 19.9 Å². The molecular formula is C27H27F2N3O2. The first-order valence-corrected chi connectivity index (χ1v) is 11.5. The number of hydrogen-bond acceptors (Lipinski definition) is 4. The summed E-state index contributed by atoms with van der Waals surface area (Å²) < 4.78 is 32.5. The van der Waals surface area contributed by atoms with Gasteiger partial charge in [0.15, 0.2) is 0 Å². The molecule has 5 nitrogen and oxygen atoms in total. The maximum atomic E-state index is 13.6. The molecule has 0 unspecified atom stereocenters. The number of amides is 1. The zero-order valence-electron chi connectivity index (χ0n) is 19.0. The summed E-state index contributed by atoms with van der Waals surface area (Å²) in [5.74, 6) is -0.136. The highest BCUT2D eigenvalue weighted by Gasteiger charge is 2.41. The zero-order chi connectivity index (χ0) is 23.7. The molecule has 2 atom stereocenters. The molecule has 0 radical (unpaired) electrons. The summed E-state index contributed by atoms with van der Waals surface area (Å²) in [6.45, 7) is 2.41. The smallest absolute Gasteiger partial charge is 0.225 e. The Morgan fingerprint density at radius 1 is 1.03 bits per heavy atom. The monoisotopic (exact) mass is 463 g/mol. The van der Waals surface area contributed by atoms with Crippen LogP contribution >= 0.6 is 0 Å². The van der Waals surface area contributed by atoms with Crippen molar-refractivity contribution in [3.63, 3.8) is 0 Å².